The van der Waals surface area contributed by atoms with E-state index in [4.69, 9.17) is 8.83 Å². The zero-order valence-corrected chi connectivity index (χ0v) is 10.7. The number of aliphatic hydroxyl groups is 2. The van der Waals surface area contributed by atoms with Crippen LogP contribution in [0.2, 0.25) is 0 Å². The third-order valence-corrected chi connectivity index (χ3v) is 4.00. The minimum absolute atomic E-state index is 0.487. The van der Waals surface area contributed by atoms with Crippen molar-refractivity contribution >= 4 is 11.3 Å². The number of furan rings is 2. The Morgan fingerprint density at radius 3 is 1.63 bits per heavy atom. The molecule has 3 aromatic heterocycles. The fourth-order valence-corrected chi connectivity index (χ4v) is 2.84. The molecule has 2 atom stereocenters. The van der Waals surface area contributed by atoms with Gasteiger partial charge >= 0.3 is 0 Å². The predicted molar refractivity (Wildman–Crippen MR) is 69.9 cm³/mol. The molecule has 0 spiro atoms. The molecule has 0 bridgehead atoms. The molecule has 3 aromatic rings. The van der Waals surface area contributed by atoms with Gasteiger partial charge in [-0.1, -0.05) is 0 Å². The molecule has 98 valence electrons. The van der Waals surface area contributed by atoms with E-state index in [1.54, 1.807) is 36.4 Å². The molecule has 5 heteroatoms. The fourth-order valence-electron chi connectivity index (χ4n) is 1.84. The molecule has 0 fully saturated rings. The second kappa shape index (κ2) is 5.05. The molecule has 0 radical (unpaired) electrons. The third kappa shape index (κ3) is 2.35. The molecular formula is C14H12O4S. The van der Waals surface area contributed by atoms with Crippen molar-refractivity contribution in [3.63, 3.8) is 0 Å². The first kappa shape index (κ1) is 12.2. The monoisotopic (exact) mass is 276 g/mol. The zero-order valence-electron chi connectivity index (χ0n) is 9.89. The lowest BCUT2D eigenvalue weighted by molar-refractivity contribution is 0.192. The van der Waals surface area contributed by atoms with Crippen LogP contribution in [0.4, 0.5) is 0 Å². The Hall–Kier alpha value is -1.82. The van der Waals surface area contributed by atoms with E-state index in [0.717, 1.165) is 9.75 Å². The lowest BCUT2D eigenvalue weighted by Crippen LogP contribution is -1.95. The average molecular weight is 276 g/mol. The summed E-state index contributed by atoms with van der Waals surface area (Å²) in [5, 5.41) is 20.2. The Labute approximate surface area is 113 Å². The van der Waals surface area contributed by atoms with Crippen molar-refractivity contribution in [2.75, 3.05) is 0 Å². The highest BCUT2D eigenvalue weighted by Crippen LogP contribution is 2.33. The molecule has 0 amide bonds. The third-order valence-electron chi connectivity index (χ3n) is 2.81. The van der Waals surface area contributed by atoms with Crippen LogP contribution < -0.4 is 0 Å². The van der Waals surface area contributed by atoms with E-state index in [1.807, 2.05) is 0 Å². The summed E-state index contributed by atoms with van der Waals surface area (Å²) in [6.07, 6.45) is 1.42. The van der Waals surface area contributed by atoms with Crippen LogP contribution in [0.3, 0.4) is 0 Å². The highest BCUT2D eigenvalue weighted by atomic mass is 32.1. The van der Waals surface area contributed by atoms with Crippen LogP contribution in [-0.4, -0.2) is 10.2 Å². The molecule has 0 saturated heterocycles. The van der Waals surface area contributed by atoms with Crippen molar-refractivity contribution in [3.8, 4) is 0 Å². The molecule has 19 heavy (non-hydrogen) atoms. The van der Waals surface area contributed by atoms with Gasteiger partial charge in [-0.2, -0.15) is 0 Å². The number of thiophene rings is 1. The summed E-state index contributed by atoms with van der Waals surface area (Å²) in [4.78, 5) is 1.44. The molecule has 2 N–H and O–H groups in total. The molecular weight excluding hydrogens is 264 g/mol. The van der Waals surface area contributed by atoms with E-state index in [1.165, 1.54) is 23.9 Å². The molecule has 0 aliphatic heterocycles. The van der Waals surface area contributed by atoms with Crippen LogP contribution in [0.5, 0.6) is 0 Å². The SMILES string of the molecule is OC(c1ccco1)c1ccc(C(O)c2ccco2)s1. The van der Waals surface area contributed by atoms with E-state index in [-0.39, 0.29) is 0 Å². The van der Waals surface area contributed by atoms with Crippen LogP contribution in [0.1, 0.15) is 33.5 Å². The largest absolute Gasteiger partial charge is 0.466 e. The first-order chi connectivity index (χ1) is 9.25. The van der Waals surface area contributed by atoms with E-state index in [2.05, 4.69) is 0 Å². The number of aliphatic hydroxyl groups excluding tert-OH is 2. The van der Waals surface area contributed by atoms with Crippen molar-refractivity contribution in [1.82, 2.24) is 0 Å². The van der Waals surface area contributed by atoms with Gasteiger partial charge in [0.2, 0.25) is 0 Å². The summed E-state index contributed by atoms with van der Waals surface area (Å²) in [5.41, 5.74) is 0. The lowest BCUT2D eigenvalue weighted by Gasteiger charge is -2.06. The van der Waals surface area contributed by atoms with Gasteiger partial charge < -0.3 is 19.0 Å². The fraction of sp³-hybridized carbons (Fsp3) is 0.143. The Morgan fingerprint density at radius 1 is 0.789 bits per heavy atom. The predicted octanol–water partition coefficient (Wildman–Crippen LogP) is 3.10. The van der Waals surface area contributed by atoms with Crippen molar-refractivity contribution < 1.29 is 19.0 Å². The molecule has 3 heterocycles. The summed E-state index contributed by atoms with van der Waals surface area (Å²) >= 11 is 1.33. The Balaban J connectivity index is 1.83. The van der Waals surface area contributed by atoms with E-state index >= 15 is 0 Å². The minimum atomic E-state index is -0.808. The maximum Gasteiger partial charge on any atom is 0.146 e. The zero-order chi connectivity index (χ0) is 13.2. The van der Waals surface area contributed by atoms with Crippen molar-refractivity contribution in [2.24, 2.45) is 0 Å². The second-order valence-electron chi connectivity index (χ2n) is 4.08. The quantitative estimate of drug-likeness (QED) is 0.768. The highest BCUT2D eigenvalue weighted by molar-refractivity contribution is 7.12. The molecule has 2 unspecified atom stereocenters. The van der Waals surface area contributed by atoms with Crippen LogP contribution >= 0.6 is 11.3 Å². The van der Waals surface area contributed by atoms with Crippen LogP contribution in [0.15, 0.2) is 57.8 Å². The second-order valence-corrected chi connectivity index (χ2v) is 5.22. The molecule has 3 rings (SSSR count). The number of hydrogen-bond donors (Lipinski definition) is 2. The van der Waals surface area contributed by atoms with Gasteiger partial charge in [-0.15, -0.1) is 11.3 Å². The van der Waals surface area contributed by atoms with E-state index < -0.39 is 12.2 Å². The smallest absolute Gasteiger partial charge is 0.146 e. The molecule has 0 saturated carbocycles. The first-order valence-electron chi connectivity index (χ1n) is 5.78. The van der Waals surface area contributed by atoms with Crippen LogP contribution in [0, 0.1) is 0 Å². The van der Waals surface area contributed by atoms with Gasteiger partial charge in [0.05, 0.1) is 12.5 Å². The number of rotatable bonds is 4. The summed E-state index contributed by atoms with van der Waals surface area (Å²) in [7, 11) is 0. The van der Waals surface area contributed by atoms with Gasteiger partial charge in [0.15, 0.2) is 0 Å². The van der Waals surface area contributed by atoms with Gasteiger partial charge in [0, 0.05) is 9.75 Å². The average Bonchev–Trinajstić information content (AvgIpc) is 3.16. The molecule has 4 nitrogen and oxygen atoms in total. The minimum Gasteiger partial charge on any atom is -0.466 e. The van der Waals surface area contributed by atoms with Gasteiger partial charge in [-0.3, -0.25) is 0 Å². The highest BCUT2D eigenvalue weighted by Gasteiger charge is 2.20. The van der Waals surface area contributed by atoms with Gasteiger partial charge in [-0.05, 0) is 36.4 Å². The summed E-state index contributed by atoms with van der Waals surface area (Å²) < 4.78 is 10.3. The number of hydrogen-bond acceptors (Lipinski definition) is 5. The van der Waals surface area contributed by atoms with E-state index in [0.29, 0.717) is 11.5 Å². The molecule has 0 aliphatic rings. The Morgan fingerprint density at radius 2 is 1.26 bits per heavy atom. The van der Waals surface area contributed by atoms with E-state index in [9.17, 15) is 10.2 Å². The summed E-state index contributed by atoms with van der Waals surface area (Å²) in [6, 6.07) is 10.4. The van der Waals surface area contributed by atoms with Crippen molar-refractivity contribution in [3.05, 3.63) is 70.2 Å². The Kier molecular flexibility index (Phi) is 3.25. The van der Waals surface area contributed by atoms with Crippen molar-refractivity contribution in [2.45, 2.75) is 12.2 Å². The standard InChI is InChI=1S/C14H12O4S/c15-13(9-3-1-7-17-9)11-5-6-12(19-11)14(16)10-4-2-8-18-10/h1-8,13-16H. The molecule has 0 aliphatic carbocycles. The Bertz CT molecular complexity index is 570. The van der Waals surface area contributed by atoms with Crippen LogP contribution in [-0.2, 0) is 0 Å². The maximum absolute atomic E-state index is 10.1. The van der Waals surface area contributed by atoms with Gasteiger partial charge in [-0.25, -0.2) is 0 Å². The normalized spacial score (nSPS) is 14.4. The van der Waals surface area contributed by atoms with Gasteiger partial charge in [0.1, 0.15) is 23.7 Å². The van der Waals surface area contributed by atoms with Crippen LogP contribution in [0.25, 0.3) is 0 Å². The summed E-state index contributed by atoms with van der Waals surface area (Å²) in [6.45, 7) is 0. The maximum atomic E-state index is 10.1. The summed E-state index contributed by atoms with van der Waals surface area (Å²) in [5.74, 6) is 0.974. The lowest BCUT2D eigenvalue weighted by atomic mass is 10.2. The molecule has 0 aromatic carbocycles. The first-order valence-corrected chi connectivity index (χ1v) is 6.60. The van der Waals surface area contributed by atoms with Gasteiger partial charge in [0.25, 0.3) is 0 Å². The van der Waals surface area contributed by atoms with Crippen molar-refractivity contribution in [1.29, 1.82) is 0 Å². The topological polar surface area (TPSA) is 66.7 Å².